The molecule has 1 aliphatic carbocycles. The quantitative estimate of drug-likeness (QED) is 0.803. The van der Waals surface area contributed by atoms with Gasteiger partial charge in [-0.25, -0.2) is 0 Å². The average Bonchev–Trinajstić information content (AvgIpc) is 2.49. The number of nitrogens with one attached hydrogen (secondary N) is 2. The van der Waals surface area contributed by atoms with Crippen molar-refractivity contribution in [1.82, 2.24) is 10.6 Å². The van der Waals surface area contributed by atoms with E-state index in [1.807, 2.05) is 13.8 Å². The molecule has 0 aromatic heterocycles. The molecular formula is C17H22BrClN2O2. The Morgan fingerprint density at radius 3 is 2.74 bits per heavy atom. The van der Waals surface area contributed by atoms with E-state index in [1.54, 1.807) is 18.2 Å². The van der Waals surface area contributed by atoms with Crippen LogP contribution in [-0.4, -0.2) is 23.9 Å². The van der Waals surface area contributed by atoms with Gasteiger partial charge in [0.25, 0.3) is 5.91 Å². The number of hydrogen-bond acceptors (Lipinski definition) is 2. The van der Waals surface area contributed by atoms with Gasteiger partial charge in [-0.2, -0.15) is 0 Å². The first-order chi connectivity index (χ1) is 10.9. The Balaban J connectivity index is 1.98. The van der Waals surface area contributed by atoms with E-state index in [4.69, 9.17) is 11.6 Å². The topological polar surface area (TPSA) is 58.2 Å². The molecule has 1 aliphatic rings. The van der Waals surface area contributed by atoms with Crippen molar-refractivity contribution >= 4 is 39.3 Å². The maximum absolute atomic E-state index is 12.4. The number of carbonyl (C=O) groups excluding carboxylic acids is 2. The van der Waals surface area contributed by atoms with Crippen LogP contribution in [-0.2, 0) is 4.79 Å². The first-order valence-corrected chi connectivity index (χ1v) is 9.10. The van der Waals surface area contributed by atoms with Crippen LogP contribution >= 0.6 is 27.5 Å². The summed E-state index contributed by atoms with van der Waals surface area (Å²) in [7, 11) is 0. The maximum atomic E-state index is 12.4. The monoisotopic (exact) mass is 400 g/mol. The molecule has 1 fully saturated rings. The normalized spacial score (nSPS) is 21.1. The van der Waals surface area contributed by atoms with E-state index in [0.29, 0.717) is 17.0 Å². The molecule has 23 heavy (non-hydrogen) atoms. The van der Waals surface area contributed by atoms with Crippen LogP contribution in [0.3, 0.4) is 0 Å². The molecule has 1 saturated carbocycles. The molecule has 2 N–H and O–H groups in total. The highest BCUT2D eigenvalue weighted by Gasteiger charge is 2.28. The number of halogens is 2. The predicted octanol–water partition coefficient (Wildman–Crippen LogP) is 3.92. The molecule has 0 spiro atoms. The third-order valence-electron chi connectivity index (χ3n) is 3.98. The van der Waals surface area contributed by atoms with Crippen LogP contribution in [0.1, 0.15) is 49.9 Å². The lowest BCUT2D eigenvalue weighted by Crippen LogP contribution is -2.43. The first-order valence-electron chi connectivity index (χ1n) is 7.93. The van der Waals surface area contributed by atoms with Crippen LogP contribution in [0.2, 0.25) is 5.02 Å². The van der Waals surface area contributed by atoms with Crippen molar-refractivity contribution in [3.63, 3.8) is 0 Å². The summed E-state index contributed by atoms with van der Waals surface area (Å²) in [6.07, 6.45) is 3.38. The molecule has 2 amide bonds. The largest absolute Gasteiger partial charge is 0.354 e. The van der Waals surface area contributed by atoms with Crippen LogP contribution in [0.4, 0.5) is 0 Å². The molecule has 0 aliphatic heterocycles. The van der Waals surface area contributed by atoms with Gasteiger partial charge in [0.05, 0.1) is 10.6 Å². The Morgan fingerprint density at radius 1 is 1.30 bits per heavy atom. The van der Waals surface area contributed by atoms with Gasteiger partial charge in [-0.1, -0.05) is 34.0 Å². The highest BCUT2D eigenvalue weighted by molar-refractivity contribution is 9.10. The minimum absolute atomic E-state index is 0.00853. The second-order valence-corrected chi connectivity index (χ2v) is 7.64. The van der Waals surface area contributed by atoms with Crippen LogP contribution < -0.4 is 10.6 Å². The molecule has 1 aromatic carbocycles. The molecule has 6 heteroatoms. The molecule has 2 rings (SSSR count). The molecule has 0 bridgehead atoms. The van der Waals surface area contributed by atoms with Crippen LogP contribution in [0.5, 0.6) is 0 Å². The minimum Gasteiger partial charge on any atom is -0.354 e. The highest BCUT2D eigenvalue weighted by atomic mass is 79.9. The number of amides is 2. The zero-order valence-electron chi connectivity index (χ0n) is 13.4. The summed E-state index contributed by atoms with van der Waals surface area (Å²) >= 11 is 9.45. The van der Waals surface area contributed by atoms with Gasteiger partial charge in [0.1, 0.15) is 0 Å². The van der Waals surface area contributed by atoms with Crippen molar-refractivity contribution in [2.45, 2.75) is 51.6 Å². The SMILES string of the molecule is CC(C)NC(=O)C1CCCC(NC(=O)c2cc(Br)ccc2Cl)C1. The van der Waals surface area contributed by atoms with Gasteiger partial charge in [0.2, 0.25) is 5.91 Å². The lowest BCUT2D eigenvalue weighted by molar-refractivity contribution is -0.126. The fourth-order valence-corrected chi connectivity index (χ4v) is 3.46. The molecule has 4 nitrogen and oxygen atoms in total. The third-order valence-corrected chi connectivity index (χ3v) is 4.81. The second kappa shape index (κ2) is 8.15. The smallest absolute Gasteiger partial charge is 0.253 e. The number of rotatable bonds is 4. The maximum Gasteiger partial charge on any atom is 0.253 e. The summed E-state index contributed by atoms with van der Waals surface area (Å²) in [5.41, 5.74) is 0.454. The predicted molar refractivity (Wildman–Crippen MR) is 95.6 cm³/mol. The van der Waals surface area contributed by atoms with E-state index < -0.39 is 0 Å². The van der Waals surface area contributed by atoms with Crippen molar-refractivity contribution in [3.8, 4) is 0 Å². The van der Waals surface area contributed by atoms with Gasteiger partial charge in [-0.05, 0) is 51.3 Å². The van der Waals surface area contributed by atoms with Gasteiger partial charge >= 0.3 is 0 Å². The van der Waals surface area contributed by atoms with Gasteiger partial charge < -0.3 is 10.6 Å². The van der Waals surface area contributed by atoms with Crippen LogP contribution in [0.25, 0.3) is 0 Å². The lowest BCUT2D eigenvalue weighted by atomic mass is 9.85. The van der Waals surface area contributed by atoms with Crippen molar-refractivity contribution in [3.05, 3.63) is 33.3 Å². The molecule has 2 unspecified atom stereocenters. The minimum atomic E-state index is -0.189. The van der Waals surface area contributed by atoms with E-state index in [0.717, 1.165) is 23.7 Å². The van der Waals surface area contributed by atoms with Gasteiger partial charge in [-0.15, -0.1) is 0 Å². The summed E-state index contributed by atoms with van der Waals surface area (Å²) in [6.45, 7) is 3.91. The van der Waals surface area contributed by atoms with Crippen molar-refractivity contribution in [2.75, 3.05) is 0 Å². The number of hydrogen-bond donors (Lipinski definition) is 2. The Bertz CT molecular complexity index is 592. The standard InChI is InChI=1S/C17H22BrClN2O2/c1-10(2)20-16(22)11-4-3-5-13(8-11)21-17(23)14-9-12(18)6-7-15(14)19/h6-7,9-11,13H,3-5,8H2,1-2H3,(H,20,22)(H,21,23). The van der Waals surface area contributed by atoms with E-state index in [-0.39, 0.29) is 29.8 Å². The van der Waals surface area contributed by atoms with E-state index in [9.17, 15) is 9.59 Å². The molecule has 126 valence electrons. The van der Waals surface area contributed by atoms with E-state index in [2.05, 4.69) is 26.6 Å². The number of benzene rings is 1. The van der Waals surface area contributed by atoms with Gasteiger partial charge in [-0.3, -0.25) is 9.59 Å². The van der Waals surface area contributed by atoms with Crippen LogP contribution in [0.15, 0.2) is 22.7 Å². The fourth-order valence-electron chi connectivity index (χ4n) is 2.90. The summed E-state index contributed by atoms with van der Waals surface area (Å²) in [4.78, 5) is 24.6. The Hall–Kier alpha value is -1.07. The van der Waals surface area contributed by atoms with Crippen LogP contribution in [0, 0.1) is 5.92 Å². The Labute approximate surface area is 150 Å². The number of carbonyl (C=O) groups is 2. The average molecular weight is 402 g/mol. The Morgan fingerprint density at radius 2 is 2.04 bits per heavy atom. The van der Waals surface area contributed by atoms with Gasteiger partial charge in [0, 0.05) is 22.5 Å². The van der Waals surface area contributed by atoms with E-state index >= 15 is 0 Å². The molecule has 0 saturated heterocycles. The molecular weight excluding hydrogens is 380 g/mol. The van der Waals surface area contributed by atoms with Crippen molar-refractivity contribution in [1.29, 1.82) is 0 Å². The Kier molecular flexibility index (Phi) is 6.48. The molecule has 1 aromatic rings. The first kappa shape index (κ1) is 18.3. The summed E-state index contributed by atoms with van der Waals surface area (Å²) in [5.74, 6) is -0.139. The fraction of sp³-hybridized carbons (Fsp3) is 0.529. The third kappa shape index (κ3) is 5.21. The summed E-state index contributed by atoms with van der Waals surface area (Å²) < 4.78 is 0.810. The molecule has 2 atom stereocenters. The zero-order chi connectivity index (χ0) is 17.0. The van der Waals surface area contributed by atoms with Gasteiger partial charge in [0.15, 0.2) is 0 Å². The molecule has 0 radical (unpaired) electrons. The zero-order valence-corrected chi connectivity index (χ0v) is 15.7. The summed E-state index contributed by atoms with van der Waals surface area (Å²) in [6, 6.07) is 5.35. The summed E-state index contributed by atoms with van der Waals surface area (Å²) in [5, 5.41) is 6.40. The highest BCUT2D eigenvalue weighted by Crippen LogP contribution is 2.26. The second-order valence-electron chi connectivity index (χ2n) is 6.32. The van der Waals surface area contributed by atoms with Crippen molar-refractivity contribution in [2.24, 2.45) is 5.92 Å². The van der Waals surface area contributed by atoms with E-state index in [1.165, 1.54) is 0 Å². The lowest BCUT2D eigenvalue weighted by Gasteiger charge is -2.29. The molecule has 0 heterocycles. The van der Waals surface area contributed by atoms with Crippen molar-refractivity contribution < 1.29 is 9.59 Å².